The Balaban J connectivity index is 1.70. The topological polar surface area (TPSA) is 151 Å². The monoisotopic (exact) mass is 367 g/mol. The summed E-state index contributed by atoms with van der Waals surface area (Å²) in [5, 5.41) is 22.1. The largest absolute Gasteiger partial charge is 0.492 e. The number of urea groups is 1. The molecule has 0 atom stereocenters. The van der Waals surface area contributed by atoms with Crippen LogP contribution in [0.5, 0.6) is 5.88 Å². The third-order valence-corrected chi connectivity index (χ3v) is 4.14. The maximum atomic E-state index is 11.8. The zero-order valence-electron chi connectivity index (χ0n) is 13.7. The normalized spacial score (nSPS) is 18.1. The average Bonchev–Trinajstić information content (AvgIpc) is 3.03. The minimum absolute atomic E-state index is 0.00954. The SMILES string of the molecule is O=C1NC(=O)/C(=C/c2c(O)nn3c(NC4CC4)nc(-n4ccnc4)nc23)N1. The molecule has 12 heteroatoms. The summed E-state index contributed by atoms with van der Waals surface area (Å²) in [7, 11) is 0. The van der Waals surface area contributed by atoms with Crippen molar-refractivity contribution in [2.75, 3.05) is 5.32 Å². The minimum atomic E-state index is -0.632. The maximum absolute atomic E-state index is 11.8. The van der Waals surface area contributed by atoms with Gasteiger partial charge >= 0.3 is 6.03 Å². The van der Waals surface area contributed by atoms with Crippen molar-refractivity contribution < 1.29 is 14.7 Å². The van der Waals surface area contributed by atoms with Gasteiger partial charge in [-0.15, -0.1) is 5.10 Å². The standard InChI is InChI=1S/C15H13N9O3/c25-11-8(5-9-12(26)20-15(27)18-9)10-19-13(23-4-3-16-6-23)21-14(24(10)22-11)17-7-1-2-7/h3-7H,1-2H2,(H,22,25)(H,17,19,21)(H2,18,20,26,27)/b9-5-. The zero-order valence-corrected chi connectivity index (χ0v) is 13.7. The van der Waals surface area contributed by atoms with Gasteiger partial charge in [0.25, 0.3) is 5.91 Å². The lowest BCUT2D eigenvalue weighted by Gasteiger charge is -2.08. The summed E-state index contributed by atoms with van der Waals surface area (Å²) in [6.45, 7) is 0. The first-order valence-electron chi connectivity index (χ1n) is 8.17. The Kier molecular flexibility index (Phi) is 3.13. The van der Waals surface area contributed by atoms with Gasteiger partial charge in [0, 0.05) is 18.4 Å². The second-order valence-electron chi connectivity index (χ2n) is 6.17. The number of carbonyl (C=O) groups excluding carboxylic acids is 2. The summed E-state index contributed by atoms with van der Waals surface area (Å²) < 4.78 is 2.98. The molecule has 27 heavy (non-hydrogen) atoms. The molecular formula is C15H13N9O3. The summed E-state index contributed by atoms with van der Waals surface area (Å²) in [6.07, 6.45) is 8.18. The van der Waals surface area contributed by atoms with Crippen molar-refractivity contribution in [1.29, 1.82) is 0 Å². The Morgan fingerprint density at radius 3 is 2.78 bits per heavy atom. The highest BCUT2D eigenvalue weighted by Crippen LogP contribution is 2.28. The number of nitrogens with one attached hydrogen (secondary N) is 3. The minimum Gasteiger partial charge on any atom is -0.492 e. The van der Waals surface area contributed by atoms with E-state index in [0.717, 1.165) is 12.8 Å². The van der Waals surface area contributed by atoms with Gasteiger partial charge in [-0.05, 0) is 18.9 Å². The number of imidazole rings is 1. The van der Waals surface area contributed by atoms with E-state index in [2.05, 4.69) is 36.0 Å². The number of nitrogens with zero attached hydrogens (tertiary/aromatic N) is 6. The number of amides is 3. The van der Waals surface area contributed by atoms with Crippen LogP contribution < -0.4 is 16.0 Å². The number of aromatic hydroxyl groups is 1. The van der Waals surface area contributed by atoms with Crippen molar-refractivity contribution >= 4 is 29.6 Å². The predicted molar refractivity (Wildman–Crippen MR) is 90.9 cm³/mol. The smallest absolute Gasteiger partial charge is 0.326 e. The molecule has 0 spiro atoms. The van der Waals surface area contributed by atoms with E-state index >= 15 is 0 Å². The number of hydrogen-bond donors (Lipinski definition) is 4. The zero-order chi connectivity index (χ0) is 18.5. The molecule has 1 aliphatic heterocycles. The van der Waals surface area contributed by atoms with Crippen LogP contribution in [0.15, 0.2) is 24.4 Å². The van der Waals surface area contributed by atoms with E-state index in [9.17, 15) is 14.7 Å². The highest BCUT2D eigenvalue weighted by molar-refractivity contribution is 6.14. The molecule has 3 aromatic heterocycles. The average molecular weight is 367 g/mol. The third kappa shape index (κ3) is 2.63. The maximum Gasteiger partial charge on any atom is 0.326 e. The van der Waals surface area contributed by atoms with Crippen LogP contribution in [-0.4, -0.2) is 52.2 Å². The van der Waals surface area contributed by atoms with Gasteiger partial charge in [0.1, 0.15) is 12.0 Å². The number of imide groups is 1. The Bertz CT molecular complexity index is 1110. The molecule has 4 N–H and O–H groups in total. The van der Waals surface area contributed by atoms with Crippen LogP contribution >= 0.6 is 0 Å². The van der Waals surface area contributed by atoms with E-state index in [-0.39, 0.29) is 28.8 Å². The molecule has 1 aliphatic carbocycles. The molecular weight excluding hydrogens is 354 g/mol. The van der Waals surface area contributed by atoms with Crippen LogP contribution in [0.3, 0.4) is 0 Å². The van der Waals surface area contributed by atoms with Crippen LogP contribution in [0, 0.1) is 0 Å². The number of fused-ring (bicyclic) bond motifs is 1. The van der Waals surface area contributed by atoms with Gasteiger partial charge in [-0.2, -0.15) is 14.5 Å². The fraction of sp³-hybridized carbons (Fsp3) is 0.200. The summed E-state index contributed by atoms with van der Waals surface area (Å²) >= 11 is 0. The van der Waals surface area contributed by atoms with Gasteiger partial charge in [0.2, 0.25) is 17.8 Å². The molecule has 12 nitrogen and oxygen atoms in total. The predicted octanol–water partition coefficient (Wildman–Crippen LogP) is -0.230. The highest BCUT2D eigenvalue weighted by Gasteiger charge is 2.27. The lowest BCUT2D eigenvalue weighted by Crippen LogP contribution is -2.22. The molecule has 5 rings (SSSR count). The molecule has 4 heterocycles. The number of aromatic nitrogens is 6. The van der Waals surface area contributed by atoms with E-state index in [1.54, 1.807) is 23.3 Å². The molecule has 0 radical (unpaired) electrons. The van der Waals surface area contributed by atoms with Gasteiger partial charge in [-0.25, -0.2) is 9.78 Å². The van der Waals surface area contributed by atoms with Crippen molar-refractivity contribution in [2.24, 2.45) is 0 Å². The molecule has 0 unspecified atom stereocenters. The molecule has 0 bridgehead atoms. The van der Waals surface area contributed by atoms with Gasteiger partial charge in [-0.1, -0.05) is 0 Å². The Labute approximate surface area is 150 Å². The van der Waals surface area contributed by atoms with Gasteiger partial charge < -0.3 is 15.7 Å². The van der Waals surface area contributed by atoms with Gasteiger partial charge in [-0.3, -0.25) is 14.7 Å². The summed E-state index contributed by atoms with van der Waals surface area (Å²) in [4.78, 5) is 36.0. The van der Waals surface area contributed by atoms with Crippen molar-refractivity contribution in [3.05, 3.63) is 30.0 Å². The lowest BCUT2D eigenvalue weighted by molar-refractivity contribution is -0.115. The van der Waals surface area contributed by atoms with E-state index < -0.39 is 11.9 Å². The summed E-state index contributed by atoms with van der Waals surface area (Å²) in [5.41, 5.74) is 0.449. The molecule has 2 fully saturated rings. The van der Waals surface area contributed by atoms with Crippen molar-refractivity contribution in [2.45, 2.75) is 18.9 Å². The van der Waals surface area contributed by atoms with E-state index in [4.69, 9.17) is 0 Å². The molecule has 1 saturated heterocycles. The molecule has 3 aromatic rings. The van der Waals surface area contributed by atoms with E-state index in [1.165, 1.54) is 10.6 Å². The highest BCUT2D eigenvalue weighted by atomic mass is 16.3. The Morgan fingerprint density at radius 1 is 1.26 bits per heavy atom. The molecule has 136 valence electrons. The first-order chi connectivity index (χ1) is 13.1. The van der Waals surface area contributed by atoms with E-state index in [1.807, 2.05) is 0 Å². The molecule has 2 aliphatic rings. The number of rotatable bonds is 4. The second-order valence-corrected chi connectivity index (χ2v) is 6.17. The Morgan fingerprint density at radius 2 is 2.11 bits per heavy atom. The van der Waals surface area contributed by atoms with Crippen LogP contribution in [0.2, 0.25) is 0 Å². The third-order valence-electron chi connectivity index (χ3n) is 4.14. The molecule has 3 amide bonds. The van der Waals surface area contributed by atoms with Crippen LogP contribution in [0.4, 0.5) is 10.7 Å². The first-order valence-corrected chi connectivity index (χ1v) is 8.17. The lowest BCUT2D eigenvalue weighted by atomic mass is 10.2. The number of hydrogen-bond acceptors (Lipinski definition) is 8. The van der Waals surface area contributed by atoms with Gasteiger partial charge in [0.15, 0.2) is 5.65 Å². The summed E-state index contributed by atoms with van der Waals surface area (Å²) in [5.74, 6) is -0.208. The Hall–Kier alpha value is -3.96. The van der Waals surface area contributed by atoms with Crippen LogP contribution in [0.1, 0.15) is 18.4 Å². The van der Waals surface area contributed by atoms with Crippen molar-refractivity contribution in [3.63, 3.8) is 0 Å². The quantitative estimate of drug-likeness (QED) is 0.365. The van der Waals surface area contributed by atoms with Crippen LogP contribution in [-0.2, 0) is 4.79 Å². The fourth-order valence-electron chi connectivity index (χ4n) is 2.68. The molecule has 1 saturated carbocycles. The first kappa shape index (κ1) is 15.3. The van der Waals surface area contributed by atoms with Crippen molar-refractivity contribution in [1.82, 2.24) is 39.8 Å². The van der Waals surface area contributed by atoms with Gasteiger partial charge in [0.05, 0.1) is 5.56 Å². The van der Waals surface area contributed by atoms with Crippen molar-refractivity contribution in [3.8, 4) is 11.8 Å². The van der Waals surface area contributed by atoms with Crippen LogP contribution in [0.25, 0.3) is 17.7 Å². The number of anilines is 1. The van der Waals surface area contributed by atoms with E-state index in [0.29, 0.717) is 11.9 Å². The second kappa shape index (κ2) is 5.52. The fourth-order valence-corrected chi connectivity index (χ4v) is 2.68. The summed E-state index contributed by atoms with van der Waals surface area (Å²) in [6, 6.07) is -0.348. The number of carbonyl (C=O) groups is 2. The molecule has 0 aromatic carbocycles.